The minimum absolute atomic E-state index is 0.0715. The normalized spacial score (nSPS) is 11.8. The van der Waals surface area contributed by atoms with Crippen LogP contribution in [0.25, 0.3) is 0 Å². The zero-order valence-corrected chi connectivity index (χ0v) is 13.0. The Bertz CT molecular complexity index is 573. The second-order valence-corrected chi connectivity index (χ2v) is 5.41. The van der Waals surface area contributed by atoms with Gasteiger partial charge in [-0.25, -0.2) is 4.79 Å². The van der Waals surface area contributed by atoms with Crippen molar-refractivity contribution in [2.24, 2.45) is 5.92 Å². The summed E-state index contributed by atoms with van der Waals surface area (Å²) in [5.41, 5.74) is -0.184. The third-order valence-electron chi connectivity index (χ3n) is 2.99. The first-order chi connectivity index (χ1) is 10.8. The molecule has 0 heterocycles. The van der Waals surface area contributed by atoms with Crippen molar-refractivity contribution in [1.29, 1.82) is 0 Å². The molecule has 0 bridgehead atoms. The molecule has 0 aliphatic heterocycles. The zero-order chi connectivity index (χ0) is 17.4. The molecule has 0 saturated carbocycles. The Morgan fingerprint density at radius 2 is 2.00 bits per heavy atom. The summed E-state index contributed by atoms with van der Waals surface area (Å²) in [7, 11) is 0. The molecular weight excluding hydrogens is 304 g/mol. The molecule has 0 aliphatic rings. The van der Waals surface area contributed by atoms with E-state index in [-0.39, 0.29) is 30.4 Å². The Labute approximate surface area is 133 Å². The minimum atomic E-state index is -1.09. The lowest BCUT2D eigenvalue weighted by molar-refractivity contribution is -0.385. The first-order valence-corrected chi connectivity index (χ1v) is 7.19. The standard InChI is InChI=1S/C15H20N2O6/c1-10(2)9-11(15(19)20)16-14(18)7-8-23-13-6-4-3-5-12(13)17(21)22/h3-6,10-11H,7-9H2,1-2H3,(H,16,18)(H,19,20)/t11-/m0/s1. The molecule has 0 saturated heterocycles. The number of nitrogens with one attached hydrogen (secondary N) is 1. The first-order valence-electron chi connectivity index (χ1n) is 7.19. The number of aliphatic carboxylic acids is 1. The highest BCUT2D eigenvalue weighted by molar-refractivity contribution is 5.83. The van der Waals surface area contributed by atoms with E-state index in [4.69, 9.17) is 9.84 Å². The highest BCUT2D eigenvalue weighted by atomic mass is 16.6. The molecule has 126 valence electrons. The smallest absolute Gasteiger partial charge is 0.326 e. The fourth-order valence-corrected chi connectivity index (χ4v) is 1.94. The van der Waals surface area contributed by atoms with E-state index in [0.717, 1.165) is 0 Å². The van der Waals surface area contributed by atoms with Crippen LogP contribution < -0.4 is 10.1 Å². The second kappa shape index (κ2) is 8.72. The van der Waals surface area contributed by atoms with E-state index in [1.54, 1.807) is 6.07 Å². The summed E-state index contributed by atoms with van der Waals surface area (Å²) in [4.78, 5) is 33.1. The van der Waals surface area contributed by atoms with E-state index < -0.39 is 22.8 Å². The van der Waals surface area contributed by atoms with Gasteiger partial charge < -0.3 is 15.2 Å². The van der Waals surface area contributed by atoms with Crippen LogP contribution in [0.5, 0.6) is 5.75 Å². The van der Waals surface area contributed by atoms with Gasteiger partial charge in [-0.2, -0.15) is 0 Å². The maximum Gasteiger partial charge on any atom is 0.326 e. The highest BCUT2D eigenvalue weighted by Crippen LogP contribution is 2.25. The van der Waals surface area contributed by atoms with Gasteiger partial charge >= 0.3 is 11.7 Å². The molecule has 2 N–H and O–H groups in total. The molecule has 0 unspecified atom stereocenters. The number of nitrogens with zero attached hydrogens (tertiary/aromatic N) is 1. The van der Waals surface area contributed by atoms with Crippen LogP contribution in [-0.4, -0.2) is 34.6 Å². The van der Waals surface area contributed by atoms with Gasteiger partial charge in [0, 0.05) is 6.07 Å². The number of carbonyl (C=O) groups excluding carboxylic acids is 1. The number of ether oxygens (including phenoxy) is 1. The fourth-order valence-electron chi connectivity index (χ4n) is 1.94. The molecule has 1 aromatic rings. The van der Waals surface area contributed by atoms with E-state index in [1.807, 2.05) is 13.8 Å². The quantitative estimate of drug-likeness (QED) is 0.529. The Morgan fingerprint density at radius 1 is 1.35 bits per heavy atom. The second-order valence-electron chi connectivity index (χ2n) is 5.41. The number of carboxylic acid groups (broad SMARTS) is 1. The molecule has 8 heteroatoms. The molecule has 23 heavy (non-hydrogen) atoms. The summed E-state index contributed by atoms with van der Waals surface area (Å²) >= 11 is 0. The maximum atomic E-state index is 11.8. The lowest BCUT2D eigenvalue weighted by atomic mass is 10.0. The number of rotatable bonds is 9. The van der Waals surface area contributed by atoms with Gasteiger partial charge in [0.1, 0.15) is 6.04 Å². The predicted octanol–water partition coefficient (Wildman–Crippen LogP) is 1.98. The van der Waals surface area contributed by atoms with Crippen LogP contribution >= 0.6 is 0 Å². The van der Waals surface area contributed by atoms with Crippen molar-refractivity contribution in [2.75, 3.05) is 6.61 Å². The molecular formula is C15H20N2O6. The Morgan fingerprint density at radius 3 is 2.57 bits per heavy atom. The van der Waals surface area contributed by atoms with Gasteiger partial charge in [0.2, 0.25) is 5.91 Å². The first kappa shape index (κ1) is 18.4. The summed E-state index contributed by atoms with van der Waals surface area (Å²) in [6.07, 6.45) is 0.236. The van der Waals surface area contributed by atoms with E-state index in [9.17, 15) is 19.7 Å². The number of carboxylic acids is 1. The number of benzene rings is 1. The van der Waals surface area contributed by atoms with Crippen molar-refractivity contribution < 1.29 is 24.4 Å². The van der Waals surface area contributed by atoms with Crippen LogP contribution in [0.3, 0.4) is 0 Å². The summed E-state index contributed by atoms with van der Waals surface area (Å²) < 4.78 is 5.24. The van der Waals surface area contributed by atoms with Crippen LogP contribution in [0.15, 0.2) is 24.3 Å². The molecule has 1 atom stereocenters. The molecule has 8 nitrogen and oxygen atoms in total. The molecule has 0 fully saturated rings. The van der Waals surface area contributed by atoms with E-state index in [1.165, 1.54) is 18.2 Å². The number of para-hydroxylation sites is 2. The maximum absolute atomic E-state index is 11.8. The topological polar surface area (TPSA) is 119 Å². The summed E-state index contributed by atoms with van der Waals surface area (Å²) in [6.45, 7) is 3.64. The van der Waals surface area contributed by atoms with Gasteiger partial charge in [0.15, 0.2) is 5.75 Å². The molecule has 0 radical (unpaired) electrons. The van der Waals surface area contributed by atoms with E-state index in [2.05, 4.69) is 5.32 Å². The Hall–Kier alpha value is -2.64. The van der Waals surface area contributed by atoms with Gasteiger partial charge in [-0.05, 0) is 18.4 Å². The van der Waals surface area contributed by atoms with Crippen molar-refractivity contribution in [3.05, 3.63) is 34.4 Å². The van der Waals surface area contributed by atoms with E-state index in [0.29, 0.717) is 6.42 Å². The Balaban J connectivity index is 2.51. The number of carbonyl (C=O) groups is 2. The number of hydrogen-bond donors (Lipinski definition) is 2. The SMILES string of the molecule is CC(C)C[C@H](NC(=O)CCOc1ccccc1[N+](=O)[O-])C(=O)O. The van der Waals surface area contributed by atoms with Crippen molar-refractivity contribution in [3.8, 4) is 5.75 Å². The van der Waals surface area contributed by atoms with Crippen LogP contribution in [0.2, 0.25) is 0 Å². The summed E-state index contributed by atoms with van der Waals surface area (Å²) in [6, 6.07) is 4.90. The van der Waals surface area contributed by atoms with Crippen molar-refractivity contribution in [3.63, 3.8) is 0 Å². The van der Waals surface area contributed by atoms with Crippen molar-refractivity contribution in [2.45, 2.75) is 32.7 Å². The highest BCUT2D eigenvalue weighted by Gasteiger charge is 2.21. The van der Waals surface area contributed by atoms with Gasteiger partial charge in [-0.15, -0.1) is 0 Å². The number of nitro groups is 1. The monoisotopic (exact) mass is 324 g/mol. The van der Waals surface area contributed by atoms with Crippen molar-refractivity contribution >= 4 is 17.6 Å². The van der Waals surface area contributed by atoms with Crippen LogP contribution in [0.1, 0.15) is 26.7 Å². The molecule has 0 aliphatic carbocycles. The third kappa shape index (κ3) is 6.33. The Kier molecular flexibility index (Phi) is 6.98. The predicted molar refractivity (Wildman–Crippen MR) is 82.2 cm³/mol. The van der Waals surface area contributed by atoms with Gasteiger partial charge in [0.05, 0.1) is 18.0 Å². The molecule has 1 aromatic carbocycles. The lowest BCUT2D eigenvalue weighted by Gasteiger charge is -2.16. The molecule has 0 aromatic heterocycles. The number of hydrogen-bond acceptors (Lipinski definition) is 5. The van der Waals surface area contributed by atoms with Gasteiger partial charge in [-0.1, -0.05) is 26.0 Å². The molecule has 1 amide bonds. The zero-order valence-electron chi connectivity index (χ0n) is 13.0. The lowest BCUT2D eigenvalue weighted by Crippen LogP contribution is -2.42. The third-order valence-corrected chi connectivity index (χ3v) is 2.99. The van der Waals surface area contributed by atoms with Crippen LogP contribution in [0, 0.1) is 16.0 Å². The number of nitro benzene ring substituents is 1. The number of amides is 1. The van der Waals surface area contributed by atoms with Gasteiger partial charge in [-0.3, -0.25) is 14.9 Å². The summed E-state index contributed by atoms with van der Waals surface area (Å²) in [5.74, 6) is -1.37. The van der Waals surface area contributed by atoms with Crippen LogP contribution in [-0.2, 0) is 9.59 Å². The fraction of sp³-hybridized carbons (Fsp3) is 0.467. The van der Waals surface area contributed by atoms with Crippen molar-refractivity contribution in [1.82, 2.24) is 5.32 Å². The van der Waals surface area contributed by atoms with Crippen LogP contribution in [0.4, 0.5) is 5.69 Å². The largest absolute Gasteiger partial charge is 0.486 e. The summed E-state index contributed by atoms with van der Waals surface area (Å²) in [5, 5.41) is 22.3. The van der Waals surface area contributed by atoms with E-state index >= 15 is 0 Å². The average Bonchev–Trinajstić information content (AvgIpc) is 2.46. The minimum Gasteiger partial charge on any atom is -0.486 e. The van der Waals surface area contributed by atoms with Gasteiger partial charge in [0.25, 0.3) is 0 Å². The molecule has 0 spiro atoms. The molecule has 1 rings (SSSR count). The average molecular weight is 324 g/mol.